The molecule has 0 aliphatic rings. The zero-order valence-electron chi connectivity index (χ0n) is 11.4. The monoisotopic (exact) mass is 254 g/mol. The molecule has 2 atom stereocenters. The van der Waals surface area contributed by atoms with Crippen molar-refractivity contribution in [2.75, 3.05) is 6.54 Å². The first-order valence-electron chi connectivity index (χ1n) is 6.84. The van der Waals surface area contributed by atoms with Gasteiger partial charge in [0, 0.05) is 18.6 Å². The van der Waals surface area contributed by atoms with Crippen LogP contribution in [0.3, 0.4) is 0 Å². The number of hydrogen-bond donors (Lipinski definition) is 2. The molecule has 0 radical (unpaired) electrons. The van der Waals surface area contributed by atoms with Gasteiger partial charge in [0.15, 0.2) is 0 Å². The fourth-order valence-electron chi connectivity index (χ4n) is 2.30. The maximum Gasteiger partial charge on any atom is 0.0295 e. The average Bonchev–Trinajstić information content (AvgIpc) is 2.48. The molecule has 3 N–H and O–H groups in total. The lowest BCUT2D eigenvalue weighted by Crippen LogP contribution is -2.39. The predicted molar refractivity (Wildman–Crippen MR) is 81.0 cm³/mol. The van der Waals surface area contributed by atoms with Gasteiger partial charge in [-0.15, -0.1) is 0 Å². The SMILES string of the molecule is C[C@H](N[C@H](CN)Cc1ccccc1)c1ccccc1. The quantitative estimate of drug-likeness (QED) is 0.832. The fourth-order valence-corrected chi connectivity index (χ4v) is 2.30. The van der Waals surface area contributed by atoms with Gasteiger partial charge in [-0.1, -0.05) is 60.7 Å². The third-order valence-corrected chi connectivity index (χ3v) is 3.39. The summed E-state index contributed by atoms with van der Waals surface area (Å²) in [5.41, 5.74) is 8.51. The van der Waals surface area contributed by atoms with E-state index in [-0.39, 0.29) is 0 Å². The molecular formula is C17H22N2. The van der Waals surface area contributed by atoms with E-state index in [4.69, 9.17) is 5.73 Å². The second-order valence-corrected chi connectivity index (χ2v) is 4.92. The van der Waals surface area contributed by atoms with Crippen molar-refractivity contribution in [2.45, 2.75) is 25.4 Å². The molecule has 0 saturated heterocycles. The summed E-state index contributed by atoms with van der Waals surface area (Å²) in [5, 5.41) is 3.61. The smallest absolute Gasteiger partial charge is 0.0295 e. The van der Waals surface area contributed by atoms with Crippen LogP contribution in [-0.4, -0.2) is 12.6 Å². The van der Waals surface area contributed by atoms with Crippen molar-refractivity contribution in [1.29, 1.82) is 0 Å². The maximum atomic E-state index is 5.88. The minimum Gasteiger partial charge on any atom is -0.329 e. The highest BCUT2D eigenvalue weighted by atomic mass is 15.0. The van der Waals surface area contributed by atoms with E-state index in [2.05, 4.69) is 60.8 Å². The molecule has 100 valence electrons. The molecule has 19 heavy (non-hydrogen) atoms. The van der Waals surface area contributed by atoms with E-state index >= 15 is 0 Å². The summed E-state index contributed by atoms with van der Waals surface area (Å²) in [6, 6.07) is 21.6. The standard InChI is InChI=1S/C17H22N2/c1-14(16-10-6-3-7-11-16)19-17(13-18)12-15-8-4-2-5-9-15/h2-11,14,17,19H,12-13,18H2,1H3/t14-,17-/m0/s1. The second-order valence-electron chi connectivity index (χ2n) is 4.92. The molecule has 0 fully saturated rings. The van der Waals surface area contributed by atoms with Crippen molar-refractivity contribution >= 4 is 0 Å². The summed E-state index contributed by atoms with van der Waals surface area (Å²) < 4.78 is 0. The fraction of sp³-hybridized carbons (Fsp3) is 0.294. The van der Waals surface area contributed by atoms with Crippen LogP contribution in [0.4, 0.5) is 0 Å². The van der Waals surface area contributed by atoms with E-state index in [0.717, 1.165) is 6.42 Å². The third-order valence-electron chi connectivity index (χ3n) is 3.39. The Bertz CT molecular complexity index is 467. The molecular weight excluding hydrogens is 232 g/mol. The molecule has 0 spiro atoms. The van der Waals surface area contributed by atoms with Gasteiger partial charge in [-0.3, -0.25) is 0 Å². The highest BCUT2D eigenvalue weighted by Crippen LogP contribution is 2.13. The Morgan fingerprint density at radius 1 is 0.947 bits per heavy atom. The lowest BCUT2D eigenvalue weighted by molar-refractivity contribution is 0.456. The zero-order valence-corrected chi connectivity index (χ0v) is 11.4. The van der Waals surface area contributed by atoms with Gasteiger partial charge in [-0.2, -0.15) is 0 Å². The first-order valence-corrected chi connectivity index (χ1v) is 6.84. The maximum absolute atomic E-state index is 5.88. The molecule has 2 heteroatoms. The van der Waals surface area contributed by atoms with Gasteiger partial charge in [0.2, 0.25) is 0 Å². The largest absolute Gasteiger partial charge is 0.329 e. The summed E-state index contributed by atoms with van der Waals surface area (Å²) in [7, 11) is 0. The normalized spacial score (nSPS) is 14.0. The summed E-state index contributed by atoms with van der Waals surface area (Å²) >= 11 is 0. The molecule has 0 heterocycles. The average molecular weight is 254 g/mol. The van der Waals surface area contributed by atoms with Crippen LogP contribution in [-0.2, 0) is 6.42 Å². The molecule has 0 aromatic heterocycles. The van der Waals surface area contributed by atoms with Crippen LogP contribution in [0.2, 0.25) is 0 Å². The number of hydrogen-bond acceptors (Lipinski definition) is 2. The molecule has 0 unspecified atom stereocenters. The van der Waals surface area contributed by atoms with E-state index in [1.165, 1.54) is 11.1 Å². The second kappa shape index (κ2) is 7.07. The van der Waals surface area contributed by atoms with Crippen molar-refractivity contribution in [3.63, 3.8) is 0 Å². The Morgan fingerprint density at radius 2 is 1.53 bits per heavy atom. The molecule has 2 aromatic rings. The molecule has 0 bridgehead atoms. The van der Waals surface area contributed by atoms with Crippen LogP contribution >= 0.6 is 0 Å². The van der Waals surface area contributed by atoms with Gasteiger partial charge in [0.1, 0.15) is 0 Å². The van der Waals surface area contributed by atoms with Crippen LogP contribution in [0.15, 0.2) is 60.7 Å². The van der Waals surface area contributed by atoms with Gasteiger partial charge in [-0.05, 0) is 24.5 Å². The lowest BCUT2D eigenvalue weighted by Gasteiger charge is -2.22. The van der Waals surface area contributed by atoms with Gasteiger partial charge < -0.3 is 11.1 Å². The Hall–Kier alpha value is -1.64. The Labute approximate surface area is 115 Å². The number of nitrogens with two attached hydrogens (primary N) is 1. The van der Waals surface area contributed by atoms with Crippen LogP contribution in [0.1, 0.15) is 24.1 Å². The zero-order chi connectivity index (χ0) is 13.5. The molecule has 0 aliphatic carbocycles. The Kier molecular flexibility index (Phi) is 5.13. The third kappa shape index (κ3) is 4.19. The van der Waals surface area contributed by atoms with Gasteiger partial charge >= 0.3 is 0 Å². The first kappa shape index (κ1) is 13.8. The Morgan fingerprint density at radius 3 is 2.11 bits per heavy atom. The van der Waals surface area contributed by atoms with E-state index < -0.39 is 0 Å². The van der Waals surface area contributed by atoms with Gasteiger partial charge in [-0.25, -0.2) is 0 Å². The van der Waals surface area contributed by atoms with E-state index in [9.17, 15) is 0 Å². The van der Waals surface area contributed by atoms with E-state index in [0.29, 0.717) is 18.6 Å². The van der Waals surface area contributed by atoms with Crippen molar-refractivity contribution in [3.8, 4) is 0 Å². The summed E-state index contributed by atoms with van der Waals surface area (Å²) in [6.07, 6.45) is 0.967. The van der Waals surface area contributed by atoms with E-state index in [1.54, 1.807) is 0 Å². The van der Waals surface area contributed by atoms with Crippen LogP contribution in [0.5, 0.6) is 0 Å². The van der Waals surface area contributed by atoms with Gasteiger partial charge in [0.25, 0.3) is 0 Å². The molecule has 2 aromatic carbocycles. The molecule has 0 aliphatic heterocycles. The summed E-state index contributed by atoms with van der Waals surface area (Å²) in [4.78, 5) is 0. The van der Waals surface area contributed by atoms with Crippen LogP contribution < -0.4 is 11.1 Å². The van der Waals surface area contributed by atoms with Crippen LogP contribution in [0, 0.1) is 0 Å². The summed E-state index contributed by atoms with van der Waals surface area (Å²) in [6.45, 7) is 2.83. The minimum absolute atomic E-state index is 0.303. The molecule has 0 amide bonds. The predicted octanol–water partition coefficient (Wildman–Crippen LogP) is 2.91. The molecule has 2 rings (SSSR count). The number of rotatable bonds is 6. The topological polar surface area (TPSA) is 38.0 Å². The minimum atomic E-state index is 0.303. The van der Waals surface area contributed by atoms with Crippen molar-refractivity contribution in [1.82, 2.24) is 5.32 Å². The molecule has 0 saturated carbocycles. The Balaban J connectivity index is 1.96. The summed E-state index contributed by atoms with van der Waals surface area (Å²) in [5.74, 6) is 0. The van der Waals surface area contributed by atoms with Crippen molar-refractivity contribution < 1.29 is 0 Å². The number of benzene rings is 2. The van der Waals surface area contributed by atoms with E-state index in [1.807, 2.05) is 12.1 Å². The highest BCUT2D eigenvalue weighted by molar-refractivity contribution is 5.19. The highest BCUT2D eigenvalue weighted by Gasteiger charge is 2.12. The van der Waals surface area contributed by atoms with Crippen molar-refractivity contribution in [3.05, 3.63) is 71.8 Å². The number of nitrogens with one attached hydrogen (secondary N) is 1. The first-order chi connectivity index (χ1) is 9.29. The molecule has 2 nitrogen and oxygen atoms in total. The van der Waals surface area contributed by atoms with Crippen molar-refractivity contribution in [2.24, 2.45) is 5.73 Å². The lowest BCUT2D eigenvalue weighted by atomic mass is 10.0. The van der Waals surface area contributed by atoms with Gasteiger partial charge in [0.05, 0.1) is 0 Å². The van der Waals surface area contributed by atoms with Crippen LogP contribution in [0.25, 0.3) is 0 Å².